The predicted molar refractivity (Wildman–Crippen MR) is 62.4 cm³/mol. The molecule has 0 saturated heterocycles. The topological polar surface area (TPSA) is 66.4 Å². The Morgan fingerprint density at radius 3 is 2.44 bits per heavy atom. The van der Waals surface area contributed by atoms with E-state index in [0.29, 0.717) is 6.07 Å². The highest BCUT2D eigenvalue weighted by Gasteiger charge is 2.25. The van der Waals surface area contributed by atoms with E-state index in [2.05, 4.69) is 4.72 Å². The van der Waals surface area contributed by atoms with Gasteiger partial charge in [-0.3, -0.25) is 0 Å². The molecule has 0 radical (unpaired) electrons. The number of sulfonamides is 1. The second-order valence-electron chi connectivity index (χ2n) is 4.23. The van der Waals surface area contributed by atoms with Crippen molar-refractivity contribution in [2.45, 2.75) is 24.8 Å². The van der Waals surface area contributed by atoms with Crippen LogP contribution in [0.1, 0.15) is 13.8 Å². The van der Waals surface area contributed by atoms with Crippen molar-refractivity contribution in [3.05, 3.63) is 29.8 Å². The molecule has 0 aliphatic carbocycles. The van der Waals surface area contributed by atoms with Gasteiger partial charge in [0, 0.05) is 6.04 Å². The van der Waals surface area contributed by atoms with E-state index in [9.17, 15) is 17.2 Å². The van der Waals surface area contributed by atoms with Crippen LogP contribution in [0.3, 0.4) is 0 Å². The van der Waals surface area contributed by atoms with Crippen molar-refractivity contribution in [1.29, 1.82) is 0 Å². The Balaban J connectivity index is 3.10. The Bertz CT molecular complexity index is 517. The van der Waals surface area contributed by atoms with Gasteiger partial charge in [0.1, 0.15) is 16.5 Å². The second-order valence-corrected chi connectivity index (χ2v) is 5.91. The van der Waals surface area contributed by atoms with Crippen LogP contribution in [0.2, 0.25) is 0 Å². The van der Waals surface area contributed by atoms with Gasteiger partial charge in [-0.1, -0.05) is 13.8 Å². The molecule has 2 N–H and O–H groups in total. The highest BCUT2D eigenvalue weighted by atomic mass is 32.2. The molecule has 0 saturated carbocycles. The van der Waals surface area contributed by atoms with Gasteiger partial charge in [0.25, 0.3) is 0 Å². The zero-order valence-electron chi connectivity index (χ0n) is 10.0. The van der Waals surface area contributed by atoms with Crippen molar-refractivity contribution in [3.8, 4) is 0 Å². The van der Waals surface area contributed by atoms with Crippen LogP contribution in [0.25, 0.3) is 0 Å². The number of benzene rings is 1. The number of aliphatic hydroxyl groups is 1. The van der Waals surface area contributed by atoms with E-state index in [0.717, 1.165) is 12.1 Å². The summed E-state index contributed by atoms with van der Waals surface area (Å²) in [6.07, 6.45) is 0. The van der Waals surface area contributed by atoms with Gasteiger partial charge in [-0.2, -0.15) is 0 Å². The lowest BCUT2D eigenvalue weighted by Gasteiger charge is -2.20. The number of hydrogen-bond donors (Lipinski definition) is 2. The summed E-state index contributed by atoms with van der Waals surface area (Å²) in [5.74, 6) is -2.06. The third kappa shape index (κ3) is 3.47. The lowest BCUT2D eigenvalue weighted by molar-refractivity contribution is 0.227. The molecule has 0 bridgehead atoms. The van der Waals surface area contributed by atoms with Crippen LogP contribution in [0.5, 0.6) is 0 Å². The van der Waals surface area contributed by atoms with E-state index >= 15 is 0 Å². The summed E-state index contributed by atoms with van der Waals surface area (Å²) in [5, 5.41) is 9.04. The smallest absolute Gasteiger partial charge is 0.243 e. The number of halogens is 2. The summed E-state index contributed by atoms with van der Waals surface area (Å²) in [6, 6.07) is 1.43. The largest absolute Gasteiger partial charge is 0.395 e. The molecule has 0 aromatic heterocycles. The summed E-state index contributed by atoms with van der Waals surface area (Å²) in [7, 11) is -4.19. The third-order valence-electron chi connectivity index (χ3n) is 2.49. The number of hydrogen-bond acceptors (Lipinski definition) is 3. The van der Waals surface area contributed by atoms with Crippen molar-refractivity contribution >= 4 is 10.0 Å². The summed E-state index contributed by atoms with van der Waals surface area (Å²) in [4.78, 5) is -0.762. The van der Waals surface area contributed by atoms with E-state index in [1.54, 1.807) is 13.8 Å². The van der Waals surface area contributed by atoms with Gasteiger partial charge < -0.3 is 5.11 Å². The van der Waals surface area contributed by atoms with E-state index < -0.39 is 39.2 Å². The van der Waals surface area contributed by atoms with E-state index in [1.165, 1.54) is 0 Å². The first-order valence-electron chi connectivity index (χ1n) is 5.36. The summed E-state index contributed by atoms with van der Waals surface area (Å²) >= 11 is 0. The summed E-state index contributed by atoms with van der Waals surface area (Å²) < 4.78 is 52.2. The Kier molecular flexibility index (Phi) is 4.78. The first-order valence-corrected chi connectivity index (χ1v) is 6.84. The van der Waals surface area contributed by atoms with Crippen molar-refractivity contribution in [2.24, 2.45) is 5.92 Å². The zero-order chi connectivity index (χ0) is 13.9. The fourth-order valence-electron chi connectivity index (χ4n) is 1.33. The van der Waals surface area contributed by atoms with Gasteiger partial charge >= 0.3 is 0 Å². The van der Waals surface area contributed by atoms with Crippen molar-refractivity contribution in [2.75, 3.05) is 6.61 Å². The molecule has 1 rings (SSSR count). The van der Waals surface area contributed by atoms with E-state index in [1.807, 2.05) is 0 Å². The van der Waals surface area contributed by atoms with Crippen LogP contribution >= 0.6 is 0 Å². The van der Waals surface area contributed by atoms with Gasteiger partial charge in [-0.05, 0) is 24.1 Å². The molecule has 0 fully saturated rings. The molecule has 4 nitrogen and oxygen atoms in total. The summed E-state index contributed by atoms with van der Waals surface area (Å²) in [6.45, 7) is 2.98. The Hall–Kier alpha value is -1.05. The molecule has 1 aromatic carbocycles. The van der Waals surface area contributed by atoms with Gasteiger partial charge in [0.2, 0.25) is 10.0 Å². The van der Waals surface area contributed by atoms with Crippen LogP contribution in [0, 0.1) is 17.6 Å². The van der Waals surface area contributed by atoms with Crippen molar-refractivity contribution in [3.63, 3.8) is 0 Å². The number of rotatable bonds is 5. The zero-order valence-corrected chi connectivity index (χ0v) is 10.8. The first-order chi connectivity index (χ1) is 8.27. The van der Waals surface area contributed by atoms with E-state index in [-0.39, 0.29) is 5.92 Å². The van der Waals surface area contributed by atoms with Crippen molar-refractivity contribution < 1.29 is 22.3 Å². The molecule has 102 valence electrons. The van der Waals surface area contributed by atoms with Crippen LogP contribution in [-0.2, 0) is 10.0 Å². The van der Waals surface area contributed by atoms with Gasteiger partial charge in [-0.15, -0.1) is 0 Å². The third-order valence-corrected chi connectivity index (χ3v) is 4.00. The van der Waals surface area contributed by atoms with Crippen molar-refractivity contribution in [1.82, 2.24) is 4.72 Å². The Morgan fingerprint density at radius 1 is 1.33 bits per heavy atom. The summed E-state index contributed by atoms with van der Waals surface area (Å²) in [5.41, 5.74) is 0. The molecular formula is C11H15F2NO3S. The second kappa shape index (κ2) is 5.73. The normalized spacial score (nSPS) is 13.9. The van der Waals surface area contributed by atoms with Gasteiger partial charge in [-0.25, -0.2) is 21.9 Å². The Labute approximate surface area is 105 Å². The molecule has 0 aliphatic heterocycles. The lowest BCUT2D eigenvalue weighted by Crippen LogP contribution is -2.41. The van der Waals surface area contributed by atoms with Crippen LogP contribution in [0.15, 0.2) is 23.1 Å². The average Bonchev–Trinajstić information content (AvgIpc) is 2.28. The molecule has 1 atom stereocenters. The minimum Gasteiger partial charge on any atom is -0.395 e. The standard InChI is InChI=1S/C11H15F2NO3S/c1-7(2)10(6-15)14-18(16,17)11-5-8(12)3-4-9(11)13/h3-5,7,10,14-15H,6H2,1-2H3. The highest BCUT2D eigenvalue weighted by Crippen LogP contribution is 2.17. The van der Waals surface area contributed by atoms with E-state index in [4.69, 9.17) is 5.11 Å². The molecule has 0 heterocycles. The maximum absolute atomic E-state index is 13.4. The predicted octanol–water partition coefficient (Wildman–Crippen LogP) is 1.26. The quantitative estimate of drug-likeness (QED) is 0.852. The maximum atomic E-state index is 13.4. The fraction of sp³-hybridized carbons (Fsp3) is 0.455. The van der Waals surface area contributed by atoms with Gasteiger partial charge in [0.05, 0.1) is 6.61 Å². The molecule has 1 aromatic rings. The van der Waals surface area contributed by atoms with Crippen LogP contribution in [-0.4, -0.2) is 26.2 Å². The SMILES string of the molecule is CC(C)C(CO)NS(=O)(=O)c1cc(F)ccc1F. The molecule has 1 unspecified atom stereocenters. The fourth-order valence-corrected chi connectivity index (χ4v) is 2.79. The molecule has 0 spiro atoms. The molecular weight excluding hydrogens is 264 g/mol. The minimum absolute atomic E-state index is 0.179. The highest BCUT2D eigenvalue weighted by molar-refractivity contribution is 7.89. The average molecular weight is 279 g/mol. The van der Waals surface area contributed by atoms with Crippen LogP contribution < -0.4 is 4.72 Å². The minimum atomic E-state index is -4.19. The molecule has 0 amide bonds. The first kappa shape index (κ1) is 15.0. The molecule has 7 heteroatoms. The Morgan fingerprint density at radius 2 is 1.94 bits per heavy atom. The number of aliphatic hydroxyl groups excluding tert-OH is 1. The lowest BCUT2D eigenvalue weighted by atomic mass is 10.1. The maximum Gasteiger partial charge on any atom is 0.243 e. The van der Waals surface area contributed by atoms with Crippen LogP contribution in [0.4, 0.5) is 8.78 Å². The molecule has 0 aliphatic rings. The van der Waals surface area contributed by atoms with Gasteiger partial charge in [0.15, 0.2) is 0 Å². The number of nitrogens with one attached hydrogen (secondary N) is 1. The molecule has 18 heavy (non-hydrogen) atoms. The monoisotopic (exact) mass is 279 g/mol.